The number of thiocarbonyl (C=S) groups is 1. The van der Waals surface area contributed by atoms with Crippen molar-refractivity contribution in [2.75, 3.05) is 64.7 Å². The molecule has 4 N–H and O–H groups in total. The van der Waals surface area contributed by atoms with Crippen molar-refractivity contribution in [3.8, 4) is 0 Å². The largest absolute Gasteiger partial charge is 0.759 e. The first-order valence-electron chi connectivity index (χ1n) is 11.5. The molecular weight excluding hydrogens is 664 g/mol. The van der Waals surface area contributed by atoms with Crippen LogP contribution in [0.2, 0.25) is 0 Å². The number of anilines is 1. The molecule has 1 rings (SSSR count). The second-order valence-corrected chi connectivity index (χ2v) is 8.29. The molecular formula is C23H35GdN5O8S-8. The summed E-state index contributed by atoms with van der Waals surface area (Å²) in [6, 6.07) is 7.49. The van der Waals surface area contributed by atoms with Gasteiger partial charge in [-0.15, -0.1) is 32.7 Å². The van der Waals surface area contributed by atoms with Gasteiger partial charge in [0.2, 0.25) is 0 Å². The zero-order valence-corrected chi connectivity index (χ0v) is 24.2. The Bertz CT molecular complexity index is 705. The van der Waals surface area contributed by atoms with Gasteiger partial charge in [-0.3, -0.25) is 0 Å². The SMILES string of the molecule is CNC(=S)Nc1ccc(CC(CN(C[CH-]O)CCN(C[CH-]O[O-])C[CH-]O[O-])N(C[CH-]O)C[CH-]O[O-])cc1.[Gd]. The van der Waals surface area contributed by atoms with Gasteiger partial charge in [0, 0.05) is 78.4 Å². The quantitative estimate of drug-likeness (QED) is 0.0447. The van der Waals surface area contributed by atoms with E-state index in [0.29, 0.717) is 31.2 Å². The van der Waals surface area contributed by atoms with Crippen LogP contribution < -0.4 is 26.4 Å². The summed E-state index contributed by atoms with van der Waals surface area (Å²) < 4.78 is 0. The molecule has 13 nitrogen and oxygen atoms in total. The fourth-order valence-electron chi connectivity index (χ4n) is 3.58. The predicted octanol–water partition coefficient (Wildman–Crippen LogP) is -2.15. The molecule has 0 aromatic heterocycles. The third-order valence-electron chi connectivity index (χ3n) is 5.46. The van der Waals surface area contributed by atoms with Gasteiger partial charge >= 0.3 is 0 Å². The van der Waals surface area contributed by atoms with Crippen LogP contribution in [0, 0.1) is 73.0 Å². The molecule has 0 heterocycles. The zero-order chi connectivity index (χ0) is 27.3. The fourth-order valence-corrected chi connectivity index (χ4v) is 3.70. The minimum atomic E-state index is -0.200. The molecule has 15 heteroatoms. The first-order chi connectivity index (χ1) is 18.0. The molecule has 0 aliphatic carbocycles. The standard InChI is InChI=1S/C23H38N5O8S.Gd/c1-24-23(37)25-21-4-2-20(3-5-21)18-22(28(9-14-30)12-17-36-33)19-27(8-13-29)7-6-26(10-15-34-31)11-16-35-32;/h2-5,13-17,22,29-33H,6-12,18-19H2,1H3,(H2,24,25,37);/q-5;/p-3. The Balaban J connectivity index is 0.0000137. The van der Waals surface area contributed by atoms with Gasteiger partial charge in [0.1, 0.15) is 0 Å². The van der Waals surface area contributed by atoms with Gasteiger partial charge in [-0.1, -0.05) is 12.1 Å². The Kier molecular flexibility index (Phi) is 24.4. The number of rotatable bonds is 22. The summed E-state index contributed by atoms with van der Waals surface area (Å²) in [5.41, 5.74) is 1.82. The van der Waals surface area contributed by atoms with E-state index in [1.165, 1.54) is 0 Å². The number of hydrogen-bond donors (Lipinski definition) is 4. The average molecular weight is 699 g/mol. The third-order valence-corrected chi connectivity index (χ3v) is 5.77. The number of nitrogens with zero attached hydrogens (tertiary/aromatic N) is 3. The van der Waals surface area contributed by atoms with Crippen LogP contribution >= 0.6 is 12.2 Å². The van der Waals surface area contributed by atoms with Crippen molar-refractivity contribution < 1.29 is 80.6 Å². The monoisotopic (exact) mass is 699 g/mol. The molecule has 38 heavy (non-hydrogen) atoms. The van der Waals surface area contributed by atoms with Gasteiger partial charge in [-0.2, -0.15) is 0 Å². The normalized spacial score (nSPS) is 12.1. The molecule has 0 radical (unpaired) electrons. The molecule has 0 fully saturated rings. The van der Waals surface area contributed by atoms with E-state index in [-0.39, 0.29) is 78.7 Å². The van der Waals surface area contributed by atoms with Gasteiger partial charge < -0.3 is 66.0 Å². The Labute approximate surface area is 262 Å². The summed E-state index contributed by atoms with van der Waals surface area (Å²) in [5, 5.41) is 56.8. The molecule has 0 bridgehead atoms. The third kappa shape index (κ3) is 16.8. The summed E-state index contributed by atoms with van der Waals surface area (Å²) >= 11 is 5.13. The van der Waals surface area contributed by atoms with E-state index < -0.39 is 0 Å². The van der Waals surface area contributed by atoms with E-state index in [4.69, 9.17) is 12.2 Å². The maximum absolute atomic E-state index is 10.6. The maximum Gasteiger partial charge on any atom is 0.170 e. The summed E-state index contributed by atoms with van der Waals surface area (Å²) in [4.78, 5) is 17.0. The van der Waals surface area contributed by atoms with Crippen molar-refractivity contribution in [1.29, 1.82) is 0 Å². The van der Waals surface area contributed by atoms with E-state index in [9.17, 15) is 26.0 Å². The Morgan fingerprint density at radius 3 is 1.97 bits per heavy atom. The summed E-state index contributed by atoms with van der Waals surface area (Å²) in [6.45, 7) is 7.48. The van der Waals surface area contributed by atoms with Crippen LogP contribution in [0.4, 0.5) is 5.69 Å². The molecule has 0 aliphatic heterocycles. The molecule has 0 spiro atoms. The van der Waals surface area contributed by atoms with Crippen LogP contribution in [0.1, 0.15) is 5.56 Å². The minimum absolute atomic E-state index is 0. The Hall–Kier alpha value is -0.205. The van der Waals surface area contributed by atoms with E-state index in [0.717, 1.165) is 44.3 Å². The van der Waals surface area contributed by atoms with Gasteiger partial charge in [-0.05, 0) is 36.3 Å². The molecule has 222 valence electrons. The van der Waals surface area contributed by atoms with Crippen LogP contribution in [0.15, 0.2) is 24.3 Å². The zero-order valence-electron chi connectivity index (χ0n) is 21.1. The molecule has 1 aromatic rings. The molecule has 0 aliphatic rings. The van der Waals surface area contributed by atoms with Gasteiger partial charge in [0.05, 0.1) is 0 Å². The van der Waals surface area contributed by atoms with E-state index >= 15 is 0 Å². The predicted molar refractivity (Wildman–Crippen MR) is 132 cm³/mol. The van der Waals surface area contributed by atoms with Crippen molar-refractivity contribution in [3.05, 3.63) is 62.9 Å². The van der Waals surface area contributed by atoms with Crippen LogP contribution in [0.3, 0.4) is 0 Å². The number of aliphatic hydroxyl groups is 2. The smallest absolute Gasteiger partial charge is 0.170 e. The second kappa shape index (κ2) is 24.6. The summed E-state index contributed by atoms with van der Waals surface area (Å²) in [7, 11) is 1.73. The first kappa shape index (κ1) is 37.8. The first-order valence-corrected chi connectivity index (χ1v) is 11.9. The van der Waals surface area contributed by atoms with Crippen molar-refractivity contribution in [2.45, 2.75) is 12.5 Å². The van der Waals surface area contributed by atoms with Crippen LogP contribution in [0.25, 0.3) is 0 Å². The summed E-state index contributed by atoms with van der Waals surface area (Å²) in [5.74, 6) is 0. The van der Waals surface area contributed by atoms with Crippen molar-refractivity contribution in [2.24, 2.45) is 0 Å². The topological polar surface area (TPSA) is 171 Å². The summed E-state index contributed by atoms with van der Waals surface area (Å²) in [6.07, 6.45) is 0.554. The van der Waals surface area contributed by atoms with Gasteiger partial charge in [0.15, 0.2) is 5.11 Å². The molecule has 0 saturated heterocycles. The number of benzene rings is 1. The van der Waals surface area contributed by atoms with Crippen molar-refractivity contribution in [3.63, 3.8) is 0 Å². The molecule has 1 aromatic carbocycles. The fraction of sp³-hybridized carbons (Fsp3) is 0.478. The second-order valence-electron chi connectivity index (χ2n) is 7.89. The minimum Gasteiger partial charge on any atom is -0.759 e. The van der Waals surface area contributed by atoms with Gasteiger partial charge in [0.25, 0.3) is 0 Å². The van der Waals surface area contributed by atoms with Crippen LogP contribution in [-0.4, -0.2) is 95.5 Å². The van der Waals surface area contributed by atoms with E-state index in [1.807, 2.05) is 34.1 Å². The molecule has 1 atom stereocenters. The van der Waals surface area contributed by atoms with Crippen LogP contribution in [0.5, 0.6) is 0 Å². The maximum atomic E-state index is 10.6. The number of nitrogens with one attached hydrogen (secondary N) is 2. The van der Waals surface area contributed by atoms with E-state index in [1.54, 1.807) is 11.9 Å². The molecule has 0 saturated carbocycles. The molecule has 1 unspecified atom stereocenters. The van der Waals surface area contributed by atoms with E-state index in [2.05, 4.69) is 25.3 Å². The van der Waals surface area contributed by atoms with Gasteiger partial charge in [-0.25, -0.2) is 33.0 Å². The Morgan fingerprint density at radius 1 is 0.895 bits per heavy atom. The van der Waals surface area contributed by atoms with Crippen LogP contribution in [-0.2, 0) is 21.1 Å². The number of aliphatic hydroxyl groups excluding tert-OH is 2. The number of hydrogen-bond acceptors (Lipinski definition) is 12. The average Bonchev–Trinajstić information content (AvgIpc) is 2.91. The van der Waals surface area contributed by atoms with Crippen molar-refractivity contribution >= 4 is 23.0 Å². The Morgan fingerprint density at radius 2 is 1.45 bits per heavy atom. The van der Waals surface area contributed by atoms with Crippen molar-refractivity contribution in [1.82, 2.24) is 20.0 Å². The molecule has 0 amide bonds.